The average molecular weight is 232 g/mol. The molecule has 0 atom stereocenters. The molecule has 0 aliphatic carbocycles. The number of carboxylic acids is 1. The zero-order valence-corrected chi connectivity index (χ0v) is 9.30. The monoisotopic (exact) mass is 232 g/mol. The Kier molecular flexibility index (Phi) is 3.09. The highest BCUT2D eigenvalue weighted by atomic mass is 16.5. The standard InChI is InChI=1S/C12H12N2O3/c1-2-17-10-4-3-8(7-9(10)12(15)16)11-13-5-6-14-11/h3-7H,2H2,1H3,(H,13,14)(H,15,16). The van der Waals surface area contributed by atoms with Crippen LogP contribution in [0.5, 0.6) is 5.75 Å². The number of benzene rings is 1. The van der Waals surface area contributed by atoms with E-state index in [-0.39, 0.29) is 5.56 Å². The van der Waals surface area contributed by atoms with Gasteiger partial charge in [0.05, 0.1) is 6.61 Å². The Morgan fingerprint density at radius 3 is 2.94 bits per heavy atom. The fraction of sp³-hybridized carbons (Fsp3) is 0.167. The molecule has 17 heavy (non-hydrogen) atoms. The van der Waals surface area contributed by atoms with Crippen LogP contribution in [-0.2, 0) is 0 Å². The lowest BCUT2D eigenvalue weighted by Crippen LogP contribution is -2.03. The molecule has 2 N–H and O–H groups in total. The highest BCUT2D eigenvalue weighted by Crippen LogP contribution is 2.24. The van der Waals surface area contributed by atoms with Gasteiger partial charge < -0.3 is 14.8 Å². The van der Waals surface area contributed by atoms with Gasteiger partial charge in [-0.2, -0.15) is 0 Å². The molecule has 0 saturated carbocycles. The van der Waals surface area contributed by atoms with Crippen LogP contribution in [0.4, 0.5) is 0 Å². The van der Waals surface area contributed by atoms with E-state index in [9.17, 15) is 4.79 Å². The Morgan fingerprint density at radius 2 is 2.35 bits per heavy atom. The number of carbonyl (C=O) groups is 1. The van der Waals surface area contributed by atoms with E-state index in [1.807, 2.05) is 6.92 Å². The van der Waals surface area contributed by atoms with Gasteiger partial charge >= 0.3 is 5.97 Å². The van der Waals surface area contributed by atoms with E-state index in [2.05, 4.69) is 9.97 Å². The summed E-state index contributed by atoms with van der Waals surface area (Å²) in [6.07, 6.45) is 3.30. The molecule has 1 aromatic carbocycles. The van der Waals surface area contributed by atoms with Crippen molar-refractivity contribution < 1.29 is 14.6 Å². The minimum atomic E-state index is -1.01. The van der Waals surface area contributed by atoms with Crippen LogP contribution >= 0.6 is 0 Å². The first kappa shape index (κ1) is 11.2. The van der Waals surface area contributed by atoms with Gasteiger partial charge in [0, 0.05) is 18.0 Å². The van der Waals surface area contributed by atoms with E-state index in [1.165, 1.54) is 0 Å². The predicted molar refractivity (Wildman–Crippen MR) is 62.2 cm³/mol. The van der Waals surface area contributed by atoms with Gasteiger partial charge in [-0.25, -0.2) is 9.78 Å². The van der Waals surface area contributed by atoms with Crippen LogP contribution in [0.3, 0.4) is 0 Å². The number of ether oxygens (including phenoxy) is 1. The lowest BCUT2D eigenvalue weighted by atomic mass is 10.1. The van der Waals surface area contributed by atoms with Crippen molar-refractivity contribution in [3.8, 4) is 17.1 Å². The number of carboxylic acid groups (broad SMARTS) is 1. The maximum absolute atomic E-state index is 11.1. The Hall–Kier alpha value is -2.30. The molecule has 88 valence electrons. The molecular weight excluding hydrogens is 220 g/mol. The van der Waals surface area contributed by atoms with E-state index in [0.717, 1.165) is 5.56 Å². The molecule has 0 radical (unpaired) electrons. The first-order valence-corrected chi connectivity index (χ1v) is 5.22. The molecule has 0 aliphatic heterocycles. The minimum Gasteiger partial charge on any atom is -0.493 e. The third-order valence-electron chi connectivity index (χ3n) is 2.28. The van der Waals surface area contributed by atoms with Crippen molar-refractivity contribution in [3.63, 3.8) is 0 Å². The molecule has 1 aromatic heterocycles. The molecule has 2 rings (SSSR count). The van der Waals surface area contributed by atoms with Gasteiger partial charge in [0.2, 0.25) is 0 Å². The topological polar surface area (TPSA) is 75.2 Å². The summed E-state index contributed by atoms with van der Waals surface area (Å²) in [7, 11) is 0. The van der Waals surface area contributed by atoms with Crippen molar-refractivity contribution >= 4 is 5.97 Å². The number of rotatable bonds is 4. The van der Waals surface area contributed by atoms with Gasteiger partial charge in [-0.15, -0.1) is 0 Å². The van der Waals surface area contributed by atoms with Crippen molar-refractivity contribution in [1.82, 2.24) is 9.97 Å². The second-order valence-corrected chi connectivity index (χ2v) is 3.39. The van der Waals surface area contributed by atoms with Crippen LogP contribution in [0.25, 0.3) is 11.4 Å². The Bertz CT molecular complexity index is 521. The Balaban J connectivity index is 2.45. The second-order valence-electron chi connectivity index (χ2n) is 3.39. The number of hydrogen-bond acceptors (Lipinski definition) is 3. The van der Waals surface area contributed by atoms with Gasteiger partial charge in [-0.05, 0) is 25.1 Å². The maximum atomic E-state index is 11.1. The summed E-state index contributed by atoms with van der Waals surface area (Å²) in [4.78, 5) is 18.1. The van der Waals surface area contributed by atoms with Crippen LogP contribution in [0, 0.1) is 0 Å². The van der Waals surface area contributed by atoms with Crippen molar-refractivity contribution in [2.24, 2.45) is 0 Å². The quantitative estimate of drug-likeness (QED) is 0.847. The molecular formula is C12H12N2O3. The predicted octanol–water partition coefficient (Wildman–Crippen LogP) is 2.17. The van der Waals surface area contributed by atoms with E-state index in [4.69, 9.17) is 9.84 Å². The number of nitrogens with zero attached hydrogens (tertiary/aromatic N) is 1. The van der Waals surface area contributed by atoms with Gasteiger partial charge in [-0.1, -0.05) is 0 Å². The zero-order valence-electron chi connectivity index (χ0n) is 9.30. The number of nitrogens with one attached hydrogen (secondary N) is 1. The maximum Gasteiger partial charge on any atom is 0.339 e. The third-order valence-corrected chi connectivity index (χ3v) is 2.28. The third kappa shape index (κ3) is 2.28. The van der Waals surface area contributed by atoms with E-state index < -0.39 is 5.97 Å². The first-order chi connectivity index (χ1) is 8.22. The minimum absolute atomic E-state index is 0.140. The lowest BCUT2D eigenvalue weighted by Gasteiger charge is -2.08. The smallest absolute Gasteiger partial charge is 0.339 e. The molecule has 0 fully saturated rings. The summed E-state index contributed by atoms with van der Waals surface area (Å²) >= 11 is 0. The average Bonchev–Trinajstić information content (AvgIpc) is 2.83. The van der Waals surface area contributed by atoms with Crippen LogP contribution in [0.15, 0.2) is 30.6 Å². The summed E-state index contributed by atoms with van der Waals surface area (Å²) in [6, 6.07) is 4.97. The van der Waals surface area contributed by atoms with Crippen LogP contribution in [0.2, 0.25) is 0 Å². The molecule has 1 heterocycles. The molecule has 0 spiro atoms. The second kappa shape index (κ2) is 4.69. The molecule has 5 nitrogen and oxygen atoms in total. The summed E-state index contributed by atoms with van der Waals surface area (Å²) in [5.74, 6) is -0.00675. The van der Waals surface area contributed by atoms with Crippen molar-refractivity contribution in [1.29, 1.82) is 0 Å². The first-order valence-electron chi connectivity index (χ1n) is 5.22. The largest absolute Gasteiger partial charge is 0.493 e. The van der Waals surface area contributed by atoms with Crippen molar-refractivity contribution in [2.45, 2.75) is 6.92 Å². The number of aromatic carboxylic acids is 1. The normalized spacial score (nSPS) is 10.2. The van der Waals surface area contributed by atoms with E-state index in [0.29, 0.717) is 18.2 Å². The fourth-order valence-electron chi connectivity index (χ4n) is 1.55. The lowest BCUT2D eigenvalue weighted by molar-refractivity contribution is 0.0692. The molecule has 0 aliphatic rings. The van der Waals surface area contributed by atoms with Gasteiger partial charge in [0.15, 0.2) is 0 Å². The number of hydrogen-bond donors (Lipinski definition) is 2. The Morgan fingerprint density at radius 1 is 1.53 bits per heavy atom. The van der Waals surface area contributed by atoms with Crippen LogP contribution in [0.1, 0.15) is 17.3 Å². The summed E-state index contributed by atoms with van der Waals surface area (Å²) < 4.78 is 5.26. The van der Waals surface area contributed by atoms with Gasteiger partial charge in [0.1, 0.15) is 17.1 Å². The summed E-state index contributed by atoms with van der Waals surface area (Å²) in [6.45, 7) is 2.24. The molecule has 0 amide bonds. The summed E-state index contributed by atoms with van der Waals surface area (Å²) in [5, 5.41) is 9.10. The van der Waals surface area contributed by atoms with E-state index >= 15 is 0 Å². The number of aromatic nitrogens is 2. The van der Waals surface area contributed by atoms with Crippen LogP contribution in [-0.4, -0.2) is 27.7 Å². The van der Waals surface area contributed by atoms with Gasteiger partial charge in [0.25, 0.3) is 0 Å². The van der Waals surface area contributed by atoms with Crippen molar-refractivity contribution in [2.75, 3.05) is 6.61 Å². The molecule has 2 aromatic rings. The molecule has 0 saturated heterocycles. The zero-order chi connectivity index (χ0) is 12.3. The van der Waals surface area contributed by atoms with Gasteiger partial charge in [-0.3, -0.25) is 0 Å². The summed E-state index contributed by atoms with van der Waals surface area (Å²) in [5.41, 5.74) is 0.858. The number of imidazole rings is 1. The van der Waals surface area contributed by atoms with Crippen molar-refractivity contribution in [3.05, 3.63) is 36.2 Å². The highest BCUT2D eigenvalue weighted by molar-refractivity contribution is 5.92. The molecule has 5 heteroatoms. The number of aromatic amines is 1. The fourth-order valence-corrected chi connectivity index (χ4v) is 1.55. The Labute approximate surface area is 98.1 Å². The highest BCUT2D eigenvalue weighted by Gasteiger charge is 2.13. The van der Waals surface area contributed by atoms with Crippen LogP contribution < -0.4 is 4.74 Å². The number of H-pyrrole nitrogens is 1. The SMILES string of the molecule is CCOc1ccc(-c2ncc[nH]2)cc1C(=O)O. The molecule has 0 bridgehead atoms. The van der Waals surface area contributed by atoms with E-state index in [1.54, 1.807) is 30.6 Å². The molecule has 0 unspecified atom stereocenters.